The third-order valence-corrected chi connectivity index (χ3v) is 2.52. The van der Waals surface area contributed by atoms with Gasteiger partial charge in [0, 0.05) is 11.6 Å². The van der Waals surface area contributed by atoms with Gasteiger partial charge in [0.25, 0.3) is 0 Å². The molecule has 0 aliphatic carbocycles. The van der Waals surface area contributed by atoms with E-state index < -0.39 is 6.23 Å². The Hall–Kier alpha value is -0.570. The van der Waals surface area contributed by atoms with Crippen LogP contribution in [-0.4, -0.2) is 11.7 Å². The SMILES string of the molecule is OC1NCCc2c(Cl)cccc21. The Balaban J connectivity index is 2.52. The maximum absolute atomic E-state index is 9.52. The fourth-order valence-electron chi connectivity index (χ4n) is 1.54. The molecule has 1 aromatic carbocycles. The maximum Gasteiger partial charge on any atom is 0.131 e. The van der Waals surface area contributed by atoms with E-state index in [9.17, 15) is 5.11 Å². The summed E-state index contributed by atoms with van der Waals surface area (Å²) in [6.45, 7) is 0.790. The Morgan fingerprint density at radius 1 is 1.50 bits per heavy atom. The minimum atomic E-state index is -0.549. The summed E-state index contributed by atoms with van der Waals surface area (Å²) in [5, 5.41) is 13.2. The monoisotopic (exact) mass is 183 g/mol. The van der Waals surface area contributed by atoms with Gasteiger partial charge in [-0.3, -0.25) is 5.32 Å². The maximum atomic E-state index is 9.52. The zero-order chi connectivity index (χ0) is 8.55. The lowest BCUT2D eigenvalue weighted by Gasteiger charge is -2.23. The summed E-state index contributed by atoms with van der Waals surface area (Å²) in [6.07, 6.45) is 0.346. The molecule has 0 radical (unpaired) electrons. The van der Waals surface area contributed by atoms with Crippen LogP contribution in [0, 0.1) is 0 Å². The molecule has 3 heteroatoms. The van der Waals surface area contributed by atoms with Crippen LogP contribution in [0.5, 0.6) is 0 Å². The van der Waals surface area contributed by atoms with E-state index in [0.717, 1.165) is 29.1 Å². The summed E-state index contributed by atoms with van der Waals surface area (Å²) in [5.74, 6) is 0. The Labute approximate surface area is 76.2 Å². The van der Waals surface area contributed by atoms with Crippen molar-refractivity contribution < 1.29 is 5.11 Å². The van der Waals surface area contributed by atoms with Gasteiger partial charge in [-0.1, -0.05) is 23.7 Å². The van der Waals surface area contributed by atoms with E-state index in [4.69, 9.17) is 11.6 Å². The molecule has 1 aliphatic heterocycles. The summed E-state index contributed by atoms with van der Waals surface area (Å²) in [6, 6.07) is 5.62. The van der Waals surface area contributed by atoms with Crippen LogP contribution in [0.4, 0.5) is 0 Å². The molecule has 1 aromatic rings. The Kier molecular flexibility index (Phi) is 2.05. The number of aliphatic hydroxyl groups excluding tert-OH is 1. The zero-order valence-electron chi connectivity index (χ0n) is 6.55. The first-order valence-electron chi connectivity index (χ1n) is 3.98. The molecule has 0 fully saturated rings. The van der Waals surface area contributed by atoms with Gasteiger partial charge < -0.3 is 5.11 Å². The van der Waals surface area contributed by atoms with Crippen LogP contribution in [0.15, 0.2) is 18.2 Å². The molecule has 0 spiro atoms. The van der Waals surface area contributed by atoms with Crippen LogP contribution in [0.2, 0.25) is 5.02 Å². The van der Waals surface area contributed by atoms with Crippen molar-refractivity contribution in [3.05, 3.63) is 34.3 Å². The highest BCUT2D eigenvalue weighted by Crippen LogP contribution is 2.26. The number of hydrogen-bond acceptors (Lipinski definition) is 2. The van der Waals surface area contributed by atoms with Crippen molar-refractivity contribution in [1.29, 1.82) is 0 Å². The molecule has 12 heavy (non-hydrogen) atoms. The molecular formula is C9H10ClNO. The van der Waals surface area contributed by atoms with Crippen molar-refractivity contribution in [2.24, 2.45) is 0 Å². The van der Waals surface area contributed by atoms with Crippen molar-refractivity contribution in [3.8, 4) is 0 Å². The van der Waals surface area contributed by atoms with Crippen LogP contribution in [-0.2, 0) is 6.42 Å². The van der Waals surface area contributed by atoms with E-state index in [-0.39, 0.29) is 0 Å². The lowest BCUT2D eigenvalue weighted by molar-refractivity contribution is 0.132. The normalized spacial score (nSPS) is 22.0. The molecule has 1 heterocycles. The van der Waals surface area contributed by atoms with Gasteiger partial charge >= 0.3 is 0 Å². The Bertz CT molecular complexity index is 301. The molecule has 0 saturated heterocycles. The van der Waals surface area contributed by atoms with Gasteiger partial charge in [-0.25, -0.2) is 0 Å². The molecule has 2 rings (SSSR count). The van der Waals surface area contributed by atoms with E-state index in [1.165, 1.54) is 0 Å². The fourth-order valence-corrected chi connectivity index (χ4v) is 1.82. The van der Waals surface area contributed by atoms with E-state index in [1.54, 1.807) is 0 Å². The van der Waals surface area contributed by atoms with Gasteiger partial charge in [0.1, 0.15) is 6.23 Å². The standard InChI is InChI=1S/C9H10ClNO/c10-8-3-1-2-7-6(8)4-5-11-9(7)12/h1-3,9,11-12H,4-5H2. The Morgan fingerprint density at radius 3 is 3.08 bits per heavy atom. The number of rotatable bonds is 0. The molecular weight excluding hydrogens is 174 g/mol. The summed E-state index contributed by atoms with van der Waals surface area (Å²) in [7, 11) is 0. The quantitative estimate of drug-likeness (QED) is 0.639. The van der Waals surface area contributed by atoms with Crippen molar-refractivity contribution >= 4 is 11.6 Å². The number of aliphatic hydroxyl groups is 1. The molecule has 2 N–H and O–H groups in total. The van der Waals surface area contributed by atoms with Crippen molar-refractivity contribution in [1.82, 2.24) is 5.32 Å². The Morgan fingerprint density at radius 2 is 2.33 bits per heavy atom. The molecule has 1 atom stereocenters. The second-order valence-electron chi connectivity index (χ2n) is 2.91. The lowest BCUT2D eigenvalue weighted by Crippen LogP contribution is -2.29. The number of hydrogen-bond donors (Lipinski definition) is 2. The summed E-state index contributed by atoms with van der Waals surface area (Å²) < 4.78 is 0. The average molecular weight is 184 g/mol. The van der Waals surface area contributed by atoms with Gasteiger partial charge in [-0.15, -0.1) is 0 Å². The highest BCUT2D eigenvalue weighted by atomic mass is 35.5. The van der Waals surface area contributed by atoms with Gasteiger partial charge in [-0.05, 0) is 23.6 Å². The number of nitrogens with one attached hydrogen (secondary N) is 1. The van der Waals surface area contributed by atoms with Gasteiger partial charge in [0.15, 0.2) is 0 Å². The first-order chi connectivity index (χ1) is 5.79. The van der Waals surface area contributed by atoms with E-state index in [2.05, 4.69) is 5.32 Å². The van der Waals surface area contributed by atoms with Crippen molar-refractivity contribution in [3.63, 3.8) is 0 Å². The van der Waals surface area contributed by atoms with Crippen LogP contribution >= 0.6 is 11.6 Å². The second-order valence-corrected chi connectivity index (χ2v) is 3.32. The zero-order valence-corrected chi connectivity index (χ0v) is 7.30. The highest BCUT2D eigenvalue weighted by molar-refractivity contribution is 6.31. The van der Waals surface area contributed by atoms with Crippen molar-refractivity contribution in [2.45, 2.75) is 12.6 Å². The first kappa shape index (κ1) is 8.05. The molecule has 0 bridgehead atoms. The molecule has 64 valence electrons. The number of halogens is 1. The third kappa shape index (κ3) is 1.22. The van der Waals surface area contributed by atoms with E-state index >= 15 is 0 Å². The third-order valence-electron chi connectivity index (χ3n) is 2.16. The minimum absolute atomic E-state index is 0.549. The topological polar surface area (TPSA) is 32.3 Å². The average Bonchev–Trinajstić information content (AvgIpc) is 2.07. The fraction of sp³-hybridized carbons (Fsp3) is 0.333. The van der Waals surface area contributed by atoms with Gasteiger partial charge in [0.2, 0.25) is 0 Å². The van der Waals surface area contributed by atoms with Crippen molar-refractivity contribution in [2.75, 3.05) is 6.54 Å². The van der Waals surface area contributed by atoms with Crippen LogP contribution < -0.4 is 5.32 Å². The van der Waals surface area contributed by atoms with Gasteiger partial charge in [-0.2, -0.15) is 0 Å². The number of benzene rings is 1. The first-order valence-corrected chi connectivity index (χ1v) is 4.35. The lowest BCUT2D eigenvalue weighted by atomic mass is 10.00. The molecule has 1 aliphatic rings. The molecule has 0 aromatic heterocycles. The largest absolute Gasteiger partial charge is 0.374 e. The van der Waals surface area contributed by atoms with E-state index in [0.29, 0.717) is 0 Å². The molecule has 0 saturated carbocycles. The molecule has 1 unspecified atom stereocenters. The van der Waals surface area contributed by atoms with Crippen LogP contribution in [0.25, 0.3) is 0 Å². The van der Waals surface area contributed by atoms with Crippen LogP contribution in [0.3, 0.4) is 0 Å². The molecule has 2 nitrogen and oxygen atoms in total. The number of fused-ring (bicyclic) bond motifs is 1. The molecule has 0 amide bonds. The summed E-state index contributed by atoms with van der Waals surface area (Å²) in [5.41, 5.74) is 1.99. The smallest absolute Gasteiger partial charge is 0.131 e. The predicted molar refractivity (Wildman–Crippen MR) is 48.1 cm³/mol. The van der Waals surface area contributed by atoms with Gasteiger partial charge in [0.05, 0.1) is 0 Å². The predicted octanol–water partition coefficient (Wildman–Crippen LogP) is 1.48. The highest BCUT2D eigenvalue weighted by Gasteiger charge is 2.18. The summed E-state index contributed by atoms with van der Waals surface area (Å²) >= 11 is 5.97. The summed E-state index contributed by atoms with van der Waals surface area (Å²) in [4.78, 5) is 0. The second kappa shape index (κ2) is 3.05. The van der Waals surface area contributed by atoms with Crippen LogP contribution in [0.1, 0.15) is 17.4 Å². The van der Waals surface area contributed by atoms with E-state index in [1.807, 2.05) is 18.2 Å². The minimum Gasteiger partial charge on any atom is -0.374 e.